The zero-order valence-corrected chi connectivity index (χ0v) is 58.8. The smallest absolute Gasteiger partial charge is 0.472 e. The van der Waals surface area contributed by atoms with Crippen LogP contribution < -0.4 is 14.8 Å². The molecule has 1 amide bonds. The Bertz CT molecular complexity index is 2690. The molecule has 2 atom stereocenters. The van der Waals surface area contributed by atoms with Crippen molar-refractivity contribution in [3.8, 4) is 34.3 Å². The number of carbonyl (C=O) groups is 4. The number of amides is 1. The lowest BCUT2D eigenvalue weighted by molar-refractivity contribution is -0.161. The number of ketones is 1. The molecule has 2 N–H and O–H groups in total. The normalized spacial score (nSPS) is 12.4. The molecule has 534 valence electrons. The van der Waals surface area contributed by atoms with Crippen LogP contribution in [0.25, 0.3) is 33.4 Å². The number of phosphoric acid groups is 1. The van der Waals surface area contributed by atoms with E-state index in [1.54, 1.807) is 12.4 Å². The molecule has 2 unspecified atom stereocenters. The number of ether oxygens (including phenoxy) is 8. The maximum atomic E-state index is 12.9. The van der Waals surface area contributed by atoms with Crippen molar-refractivity contribution in [3.05, 3.63) is 60.9 Å². The number of rotatable bonds is 63. The fraction of sp³-hybridized carbons (Fsp3) is 0.699. The Morgan fingerprint density at radius 3 is 1.58 bits per heavy atom. The van der Waals surface area contributed by atoms with Crippen LogP contribution in [0.3, 0.4) is 0 Å². The van der Waals surface area contributed by atoms with Crippen molar-refractivity contribution < 1.29 is 75.6 Å². The van der Waals surface area contributed by atoms with E-state index in [1.165, 1.54) is 148 Å². The number of esters is 2. The van der Waals surface area contributed by atoms with Crippen LogP contribution in [-0.2, 0) is 61.2 Å². The van der Waals surface area contributed by atoms with Gasteiger partial charge in [-0.3, -0.25) is 33.2 Å². The minimum atomic E-state index is -4.63. The Kier molecular flexibility index (Phi) is 47.0. The van der Waals surface area contributed by atoms with Gasteiger partial charge < -0.3 is 48.1 Å². The Morgan fingerprint density at radius 1 is 0.495 bits per heavy atom. The summed E-state index contributed by atoms with van der Waals surface area (Å²) in [5.74, 6) is -1.17. The third kappa shape index (κ3) is 41.4. The molecular formula is C73H116N5O16P. The van der Waals surface area contributed by atoms with Crippen molar-refractivity contribution in [2.24, 2.45) is 0 Å². The molecule has 0 saturated carbocycles. The second-order valence-electron chi connectivity index (χ2n) is 24.4. The molecule has 0 bridgehead atoms. The summed E-state index contributed by atoms with van der Waals surface area (Å²) in [6, 6.07) is 15.7. The number of methoxy groups -OCH3 is 1. The number of phosphoric ester groups is 1. The Labute approximate surface area is 567 Å². The van der Waals surface area contributed by atoms with Crippen molar-refractivity contribution >= 4 is 42.5 Å². The van der Waals surface area contributed by atoms with Crippen LogP contribution >= 0.6 is 7.82 Å². The quantitative estimate of drug-likeness (QED) is 0.0236. The lowest BCUT2D eigenvalue weighted by Gasteiger charge is -2.20. The van der Waals surface area contributed by atoms with Crippen molar-refractivity contribution in [3.63, 3.8) is 0 Å². The summed E-state index contributed by atoms with van der Waals surface area (Å²) in [7, 11) is -3.09. The highest BCUT2D eigenvalue weighted by Gasteiger charge is 2.26. The molecule has 4 rings (SSSR count). The summed E-state index contributed by atoms with van der Waals surface area (Å²) in [6.45, 7) is 4.72. The van der Waals surface area contributed by atoms with E-state index in [4.69, 9.17) is 51.9 Å². The van der Waals surface area contributed by atoms with E-state index in [9.17, 15) is 28.6 Å². The summed E-state index contributed by atoms with van der Waals surface area (Å²) in [6.07, 6.45) is 39.2. The van der Waals surface area contributed by atoms with Crippen LogP contribution in [0.5, 0.6) is 11.9 Å². The molecule has 2 aromatic heterocycles. The molecule has 22 heteroatoms. The molecule has 0 aliphatic heterocycles. The summed E-state index contributed by atoms with van der Waals surface area (Å²) in [5, 5.41) is 2.70. The molecule has 2 aromatic carbocycles. The highest BCUT2D eigenvalue weighted by molar-refractivity contribution is 7.47. The first-order valence-electron chi connectivity index (χ1n) is 35.9. The lowest BCUT2D eigenvalue weighted by Crippen LogP contribution is -2.31. The second-order valence-corrected chi connectivity index (χ2v) is 25.8. The second kappa shape index (κ2) is 54.5. The number of unbranched alkanes of at least 4 members (excludes halogenated alkanes) is 28. The standard InChI is InChI=1S/C73H116N5O16P/c1-4-6-8-10-12-14-16-18-20-22-24-26-28-30-32-40-70(81)91-58-64(94-71(82)41-33-31-29-27-25-23-21-19-17-15-13-11-9-7-5-2)59-93-95(83,84)92-47-36-37-63(79)57-88-51-52-89-60-69(80)74-46-48-86-49-50-87-53-54-90-73-76-55-65(72(78-73)85-3)61-42-44-62(45-43-61)68-56-75-66-38-34-35-39-67(66)77-68/h34-35,38-39,42-45,55-56,64H,4-33,36-37,40-41,46-54,57-60H2,1-3H3,(H,74,80)(H,83,84). The van der Waals surface area contributed by atoms with Gasteiger partial charge in [-0.05, 0) is 37.0 Å². The van der Waals surface area contributed by atoms with E-state index in [2.05, 4.69) is 34.1 Å². The van der Waals surface area contributed by atoms with Crippen LogP contribution in [0.4, 0.5) is 0 Å². The number of nitrogens with zero attached hydrogens (tertiary/aromatic N) is 4. The van der Waals surface area contributed by atoms with Gasteiger partial charge in [0, 0.05) is 37.6 Å². The average molecular weight is 1350 g/mol. The van der Waals surface area contributed by atoms with Crippen molar-refractivity contribution in [1.82, 2.24) is 25.3 Å². The summed E-state index contributed by atoms with van der Waals surface area (Å²) in [4.78, 5) is 78.8. The molecule has 4 aromatic rings. The number of hydrogen-bond acceptors (Lipinski definition) is 19. The third-order valence-corrected chi connectivity index (χ3v) is 17.1. The van der Waals surface area contributed by atoms with Gasteiger partial charge in [0.2, 0.25) is 11.8 Å². The molecule has 0 radical (unpaired) electrons. The number of benzene rings is 2. The first-order valence-corrected chi connectivity index (χ1v) is 37.4. The molecule has 0 aliphatic carbocycles. The van der Waals surface area contributed by atoms with E-state index in [0.29, 0.717) is 37.5 Å². The number of para-hydroxylation sites is 2. The van der Waals surface area contributed by atoms with Crippen LogP contribution in [0.2, 0.25) is 0 Å². The number of Topliss-reactive ketones (excluding diaryl/α,β-unsaturated/α-hetero) is 1. The predicted octanol–water partition coefficient (Wildman–Crippen LogP) is 15.8. The number of nitrogens with one attached hydrogen (secondary N) is 1. The Balaban J connectivity index is 0.989. The Hall–Kier alpha value is -5.51. The lowest BCUT2D eigenvalue weighted by atomic mass is 10.0. The van der Waals surface area contributed by atoms with E-state index < -0.39 is 32.5 Å². The third-order valence-electron chi connectivity index (χ3n) is 16.1. The average Bonchev–Trinajstić information content (AvgIpc) is 0.845. The molecule has 2 heterocycles. The fourth-order valence-electron chi connectivity index (χ4n) is 10.6. The van der Waals surface area contributed by atoms with Crippen molar-refractivity contribution in [1.29, 1.82) is 0 Å². The van der Waals surface area contributed by atoms with Gasteiger partial charge in [-0.2, -0.15) is 4.98 Å². The molecule has 0 saturated heterocycles. The molecule has 21 nitrogen and oxygen atoms in total. The summed E-state index contributed by atoms with van der Waals surface area (Å²) < 4.78 is 67.4. The first-order chi connectivity index (χ1) is 46.5. The zero-order valence-electron chi connectivity index (χ0n) is 57.9. The molecule has 0 spiro atoms. The summed E-state index contributed by atoms with van der Waals surface area (Å²) >= 11 is 0. The van der Waals surface area contributed by atoms with Gasteiger partial charge >= 0.3 is 25.8 Å². The van der Waals surface area contributed by atoms with Crippen LogP contribution in [-0.4, -0.2) is 147 Å². The summed E-state index contributed by atoms with van der Waals surface area (Å²) in [5.41, 5.74) is 4.94. The van der Waals surface area contributed by atoms with Gasteiger partial charge in [0.25, 0.3) is 0 Å². The number of carbonyl (C=O) groups excluding carboxylic acids is 4. The van der Waals surface area contributed by atoms with Gasteiger partial charge in [0.15, 0.2) is 11.9 Å². The maximum absolute atomic E-state index is 12.9. The van der Waals surface area contributed by atoms with Gasteiger partial charge in [-0.15, -0.1) is 0 Å². The van der Waals surface area contributed by atoms with Crippen molar-refractivity contribution in [2.45, 2.75) is 238 Å². The maximum Gasteiger partial charge on any atom is 0.472 e. The number of hydrogen-bond donors (Lipinski definition) is 2. The van der Waals surface area contributed by atoms with E-state index >= 15 is 0 Å². The Morgan fingerprint density at radius 2 is 1.00 bits per heavy atom. The van der Waals surface area contributed by atoms with Crippen LogP contribution in [0, 0.1) is 0 Å². The van der Waals surface area contributed by atoms with Crippen LogP contribution in [0.15, 0.2) is 60.9 Å². The topological polar surface area (TPSA) is 261 Å². The van der Waals surface area contributed by atoms with Crippen molar-refractivity contribution in [2.75, 3.05) is 92.9 Å². The molecule has 0 fully saturated rings. The van der Waals surface area contributed by atoms with E-state index in [1.807, 2.05) is 48.5 Å². The molecular weight excluding hydrogens is 1230 g/mol. The minimum Gasteiger partial charge on any atom is -0.480 e. The van der Waals surface area contributed by atoms with Gasteiger partial charge in [0.05, 0.1) is 88.5 Å². The SMILES string of the molecule is CCCCCCCCCCCCCCCCCC(=O)OCC(COP(=O)(O)OCCCC(=O)COCCOCC(=O)NCCOCCOCCOc1ncc(-c2ccc(-c3cnc4ccccc4n3)cc2)c(OC)n1)OC(=O)CCCCCCCCCCCCCCCCC. The van der Waals surface area contributed by atoms with Gasteiger partial charge in [-0.1, -0.05) is 230 Å². The van der Waals surface area contributed by atoms with Gasteiger partial charge in [-0.25, -0.2) is 14.5 Å². The number of aromatic nitrogens is 4. The van der Waals surface area contributed by atoms with Gasteiger partial charge in [0.1, 0.15) is 26.4 Å². The molecule has 95 heavy (non-hydrogen) atoms. The highest BCUT2D eigenvalue weighted by atomic mass is 31.2. The largest absolute Gasteiger partial charge is 0.480 e. The minimum absolute atomic E-state index is 0.00477. The zero-order chi connectivity index (χ0) is 67.9. The predicted molar refractivity (Wildman–Crippen MR) is 370 cm³/mol. The van der Waals surface area contributed by atoms with Crippen LogP contribution in [0.1, 0.15) is 232 Å². The fourth-order valence-corrected chi connectivity index (χ4v) is 11.4. The van der Waals surface area contributed by atoms with E-state index in [-0.39, 0.29) is 109 Å². The molecule has 0 aliphatic rings. The highest BCUT2D eigenvalue weighted by Crippen LogP contribution is 2.43. The number of fused-ring (bicyclic) bond motifs is 1. The monoisotopic (exact) mass is 1350 g/mol. The van der Waals surface area contributed by atoms with E-state index in [0.717, 1.165) is 66.4 Å². The first kappa shape index (κ1) is 81.9.